The maximum atomic E-state index is 12.2. The van der Waals surface area contributed by atoms with Gasteiger partial charge in [0.25, 0.3) is 0 Å². The lowest BCUT2D eigenvalue weighted by Crippen LogP contribution is -2.30. The largest absolute Gasteiger partial charge is 0.462 e. The lowest BCUT2D eigenvalue weighted by molar-refractivity contribution is -0.435. The Labute approximate surface area is 192 Å². The molecule has 1 aliphatic rings. The molecular formula is C24H21BrO7. The van der Waals surface area contributed by atoms with Crippen LogP contribution in [-0.4, -0.2) is 25.3 Å². The zero-order chi connectivity index (χ0) is 22.8. The zero-order valence-electron chi connectivity index (χ0n) is 17.6. The van der Waals surface area contributed by atoms with Crippen LogP contribution in [0, 0.1) is 6.92 Å². The van der Waals surface area contributed by atoms with Gasteiger partial charge in [0.1, 0.15) is 17.3 Å². The zero-order valence-corrected chi connectivity index (χ0v) is 19.1. The van der Waals surface area contributed by atoms with Crippen molar-refractivity contribution in [2.24, 2.45) is 0 Å². The molecule has 0 aliphatic carbocycles. The molecule has 2 heterocycles. The van der Waals surface area contributed by atoms with Crippen LogP contribution in [0.3, 0.4) is 0 Å². The standard InChI is InChI=1S/C24H21BrO7/c1-4-28-22(26)19-11-16-10-17(9-13(2)21(16)30-23(19)27)24-29-12-20(31-32-24)14(3)15-5-7-18(25)8-6-15/h5-11,20,24H,3-4,12H2,1-2H3. The van der Waals surface area contributed by atoms with Crippen molar-refractivity contribution in [2.45, 2.75) is 26.2 Å². The molecule has 0 N–H and O–H groups in total. The van der Waals surface area contributed by atoms with E-state index in [1.54, 1.807) is 26.0 Å². The molecule has 2 unspecified atom stereocenters. The van der Waals surface area contributed by atoms with Crippen LogP contribution >= 0.6 is 15.9 Å². The van der Waals surface area contributed by atoms with Crippen LogP contribution in [0.1, 0.15) is 40.3 Å². The van der Waals surface area contributed by atoms with E-state index in [-0.39, 0.29) is 18.8 Å². The summed E-state index contributed by atoms with van der Waals surface area (Å²) in [5, 5.41) is 0.552. The molecule has 1 saturated heterocycles. The van der Waals surface area contributed by atoms with Crippen molar-refractivity contribution < 1.29 is 28.5 Å². The molecule has 1 aliphatic heterocycles. The van der Waals surface area contributed by atoms with E-state index in [1.807, 2.05) is 24.3 Å². The summed E-state index contributed by atoms with van der Waals surface area (Å²) in [6, 6.07) is 12.7. The summed E-state index contributed by atoms with van der Waals surface area (Å²) in [5.74, 6) is -0.728. The molecule has 3 aromatic rings. The highest BCUT2D eigenvalue weighted by molar-refractivity contribution is 9.10. The minimum Gasteiger partial charge on any atom is -0.462 e. The minimum atomic E-state index is -0.787. The average Bonchev–Trinajstić information content (AvgIpc) is 2.79. The second-order valence-electron chi connectivity index (χ2n) is 7.30. The number of esters is 1. The van der Waals surface area contributed by atoms with Gasteiger partial charge in [0.2, 0.25) is 6.29 Å². The van der Waals surface area contributed by atoms with Gasteiger partial charge in [-0.1, -0.05) is 34.6 Å². The Morgan fingerprint density at radius 3 is 2.59 bits per heavy atom. The van der Waals surface area contributed by atoms with Crippen molar-refractivity contribution >= 4 is 38.4 Å². The van der Waals surface area contributed by atoms with E-state index in [1.165, 1.54) is 6.07 Å². The predicted molar refractivity (Wildman–Crippen MR) is 121 cm³/mol. The fraction of sp³-hybridized carbons (Fsp3) is 0.250. The van der Waals surface area contributed by atoms with Gasteiger partial charge in [-0.25, -0.2) is 14.5 Å². The highest BCUT2D eigenvalue weighted by atomic mass is 79.9. The van der Waals surface area contributed by atoms with Crippen molar-refractivity contribution in [3.63, 3.8) is 0 Å². The minimum absolute atomic E-state index is 0.156. The molecule has 1 fully saturated rings. The van der Waals surface area contributed by atoms with E-state index in [0.29, 0.717) is 22.1 Å². The molecule has 2 atom stereocenters. The van der Waals surface area contributed by atoms with E-state index in [0.717, 1.165) is 15.6 Å². The van der Waals surface area contributed by atoms with Crippen LogP contribution in [0.15, 0.2) is 62.7 Å². The van der Waals surface area contributed by atoms with E-state index < -0.39 is 24.0 Å². The molecule has 0 amide bonds. The molecule has 7 nitrogen and oxygen atoms in total. The number of ether oxygens (including phenoxy) is 2. The fourth-order valence-corrected chi connectivity index (χ4v) is 3.70. The van der Waals surface area contributed by atoms with E-state index in [4.69, 9.17) is 23.7 Å². The average molecular weight is 501 g/mol. The van der Waals surface area contributed by atoms with Gasteiger partial charge in [0, 0.05) is 15.4 Å². The van der Waals surface area contributed by atoms with Crippen LogP contribution < -0.4 is 5.63 Å². The molecule has 0 radical (unpaired) electrons. The summed E-state index contributed by atoms with van der Waals surface area (Å²) in [4.78, 5) is 35.3. The van der Waals surface area contributed by atoms with Gasteiger partial charge in [0.05, 0.1) is 13.2 Å². The summed E-state index contributed by atoms with van der Waals surface area (Å²) < 4.78 is 17.1. The maximum Gasteiger partial charge on any atom is 0.351 e. The predicted octanol–water partition coefficient (Wildman–Crippen LogP) is 5.10. The lowest BCUT2D eigenvalue weighted by atomic mass is 10.0. The third kappa shape index (κ3) is 4.54. The van der Waals surface area contributed by atoms with Crippen molar-refractivity contribution in [3.05, 3.63) is 86.2 Å². The number of halogens is 1. The third-order valence-corrected chi connectivity index (χ3v) is 5.60. The van der Waals surface area contributed by atoms with Gasteiger partial charge in [-0.3, -0.25) is 0 Å². The Morgan fingerprint density at radius 2 is 1.94 bits per heavy atom. The molecule has 1 aromatic heterocycles. The van der Waals surface area contributed by atoms with Crippen molar-refractivity contribution in [3.8, 4) is 0 Å². The lowest BCUT2D eigenvalue weighted by Gasteiger charge is -2.29. The van der Waals surface area contributed by atoms with Gasteiger partial charge >= 0.3 is 11.6 Å². The number of aryl methyl sites for hydroxylation is 1. The molecule has 0 bridgehead atoms. The molecule has 8 heteroatoms. The molecule has 32 heavy (non-hydrogen) atoms. The van der Waals surface area contributed by atoms with Crippen LogP contribution in [0.2, 0.25) is 0 Å². The summed E-state index contributed by atoms with van der Waals surface area (Å²) in [7, 11) is 0. The fourth-order valence-electron chi connectivity index (χ4n) is 3.43. The van der Waals surface area contributed by atoms with Gasteiger partial charge < -0.3 is 13.9 Å². The Balaban J connectivity index is 1.54. The van der Waals surface area contributed by atoms with Crippen molar-refractivity contribution in [1.82, 2.24) is 0 Å². The Morgan fingerprint density at radius 1 is 1.19 bits per heavy atom. The van der Waals surface area contributed by atoms with Crippen molar-refractivity contribution in [2.75, 3.05) is 13.2 Å². The second-order valence-corrected chi connectivity index (χ2v) is 8.22. The topological polar surface area (TPSA) is 84.2 Å². The summed E-state index contributed by atoms with van der Waals surface area (Å²) in [6.07, 6.45) is -1.24. The highest BCUT2D eigenvalue weighted by Crippen LogP contribution is 2.32. The first-order valence-corrected chi connectivity index (χ1v) is 10.8. The second kappa shape index (κ2) is 9.38. The number of carbonyl (C=O) groups is 1. The number of rotatable bonds is 5. The van der Waals surface area contributed by atoms with Crippen LogP contribution in [0.5, 0.6) is 0 Å². The first-order valence-electron chi connectivity index (χ1n) is 10.0. The van der Waals surface area contributed by atoms with Crippen LogP contribution in [0.25, 0.3) is 16.5 Å². The summed E-state index contributed by atoms with van der Waals surface area (Å²) in [5.41, 5.74) is 2.49. The normalized spacial score (nSPS) is 18.5. The highest BCUT2D eigenvalue weighted by Gasteiger charge is 2.28. The molecule has 4 rings (SSSR count). The first-order chi connectivity index (χ1) is 15.4. The SMILES string of the molecule is C=C(c1ccc(Br)cc1)C1COC(c2cc(C)c3oc(=O)c(C(=O)OCC)cc3c2)OO1. The van der Waals surface area contributed by atoms with E-state index in [9.17, 15) is 9.59 Å². The van der Waals surface area contributed by atoms with Crippen molar-refractivity contribution in [1.29, 1.82) is 0 Å². The Hall–Kier alpha value is -2.78. The smallest absolute Gasteiger partial charge is 0.351 e. The van der Waals surface area contributed by atoms with Gasteiger partial charge in [-0.2, -0.15) is 4.89 Å². The number of benzene rings is 2. The summed E-state index contributed by atoms with van der Waals surface area (Å²) in [6.45, 7) is 7.95. The number of hydrogen-bond acceptors (Lipinski definition) is 7. The molecular weight excluding hydrogens is 480 g/mol. The number of carbonyl (C=O) groups excluding carboxylic acids is 1. The van der Waals surface area contributed by atoms with Gasteiger partial charge in [0.15, 0.2) is 0 Å². The number of fused-ring (bicyclic) bond motifs is 1. The third-order valence-electron chi connectivity index (χ3n) is 5.07. The van der Waals surface area contributed by atoms with E-state index in [2.05, 4.69) is 22.5 Å². The Bertz CT molecular complexity index is 1220. The molecule has 0 saturated carbocycles. The van der Waals surface area contributed by atoms with Gasteiger partial charge in [-0.15, -0.1) is 0 Å². The summed E-state index contributed by atoms with van der Waals surface area (Å²) >= 11 is 3.41. The monoisotopic (exact) mass is 500 g/mol. The van der Waals surface area contributed by atoms with Gasteiger partial charge in [-0.05, 0) is 60.9 Å². The maximum absolute atomic E-state index is 12.2. The van der Waals surface area contributed by atoms with E-state index >= 15 is 0 Å². The Kier molecular flexibility index (Phi) is 6.57. The number of hydrogen-bond donors (Lipinski definition) is 0. The first kappa shape index (κ1) is 22.4. The van der Waals surface area contributed by atoms with Crippen LogP contribution in [0.4, 0.5) is 0 Å². The molecule has 0 spiro atoms. The molecule has 166 valence electrons. The quantitative estimate of drug-likeness (QED) is 0.273. The van der Waals surface area contributed by atoms with Crippen LogP contribution in [-0.2, 0) is 19.2 Å². The molecule has 2 aromatic carbocycles.